The number of carbonyl (C=O) groups excluding carboxylic acids is 1. The highest BCUT2D eigenvalue weighted by Gasteiger charge is 2.33. The Bertz CT molecular complexity index is 1050. The van der Waals surface area contributed by atoms with E-state index in [1.165, 1.54) is 0 Å². The van der Waals surface area contributed by atoms with E-state index in [0.717, 1.165) is 22.6 Å². The van der Waals surface area contributed by atoms with Crippen molar-refractivity contribution in [3.05, 3.63) is 65.2 Å². The van der Waals surface area contributed by atoms with Crippen LogP contribution in [0, 0.1) is 0 Å². The number of fused-ring (bicyclic) bond motifs is 1. The third-order valence-electron chi connectivity index (χ3n) is 4.54. The van der Waals surface area contributed by atoms with E-state index in [-0.39, 0.29) is 11.8 Å². The second kappa shape index (κ2) is 7.23. The fourth-order valence-electron chi connectivity index (χ4n) is 3.33. The Morgan fingerprint density at radius 3 is 1.93 bits per heavy atom. The summed E-state index contributed by atoms with van der Waals surface area (Å²) in [6, 6.07) is 14.6. The van der Waals surface area contributed by atoms with Crippen molar-refractivity contribution in [3.63, 3.8) is 0 Å². The molecule has 1 aromatic heterocycles. The quantitative estimate of drug-likeness (QED) is 0.676. The van der Waals surface area contributed by atoms with E-state index in [1.807, 2.05) is 62.4 Å². The van der Waals surface area contributed by atoms with Crippen molar-refractivity contribution in [2.45, 2.75) is 13.8 Å². The number of hydrogen-bond acceptors (Lipinski definition) is 4. The minimum Gasteiger partial charge on any atom is -0.494 e. The Morgan fingerprint density at radius 1 is 0.857 bits per heavy atom. The van der Waals surface area contributed by atoms with E-state index in [9.17, 15) is 9.90 Å². The van der Waals surface area contributed by atoms with Gasteiger partial charge in [0, 0.05) is 5.56 Å². The van der Waals surface area contributed by atoms with Crippen molar-refractivity contribution in [3.8, 4) is 28.6 Å². The zero-order chi connectivity index (χ0) is 19.7. The molecule has 2 N–H and O–H groups in total. The van der Waals surface area contributed by atoms with Gasteiger partial charge in [-0.1, -0.05) is 0 Å². The van der Waals surface area contributed by atoms with Crippen LogP contribution >= 0.6 is 0 Å². The SMILES string of the molecule is CCOc1ccc(C2=NC(=O)c3c(-c4ccc(OCC)cc4)[nH]c(O)c32)cc1. The van der Waals surface area contributed by atoms with Crippen LogP contribution in [0.25, 0.3) is 11.3 Å². The van der Waals surface area contributed by atoms with Gasteiger partial charge in [0.25, 0.3) is 5.91 Å². The maximum Gasteiger partial charge on any atom is 0.280 e. The van der Waals surface area contributed by atoms with Gasteiger partial charge < -0.3 is 19.6 Å². The molecule has 0 bridgehead atoms. The lowest BCUT2D eigenvalue weighted by Gasteiger charge is -2.05. The van der Waals surface area contributed by atoms with Gasteiger partial charge in [0.05, 0.1) is 35.7 Å². The molecular formula is C22H20N2O4. The number of H-pyrrole nitrogens is 1. The van der Waals surface area contributed by atoms with Gasteiger partial charge in [0.1, 0.15) is 11.5 Å². The molecule has 6 nitrogen and oxygen atoms in total. The molecule has 142 valence electrons. The third kappa shape index (κ3) is 3.03. The van der Waals surface area contributed by atoms with Crippen LogP contribution in [0.2, 0.25) is 0 Å². The molecule has 1 aliphatic heterocycles. The first kappa shape index (κ1) is 17.9. The van der Waals surface area contributed by atoms with Gasteiger partial charge in [-0.05, 0) is 67.9 Å². The highest BCUT2D eigenvalue weighted by atomic mass is 16.5. The first-order chi connectivity index (χ1) is 13.6. The Labute approximate surface area is 162 Å². The van der Waals surface area contributed by atoms with Gasteiger partial charge in [-0.2, -0.15) is 0 Å². The molecule has 1 aliphatic rings. The molecule has 4 rings (SSSR count). The standard InChI is InChI=1S/C22H20N2O4/c1-3-27-15-9-5-13(6-10-15)19-17-18(22(26)23-19)20(24-21(17)25)14-7-11-16(12-8-14)28-4-2/h5-12,23,26H,3-4H2,1-2H3. The van der Waals surface area contributed by atoms with Crippen LogP contribution in [0.1, 0.15) is 35.3 Å². The van der Waals surface area contributed by atoms with E-state index < -0.39 is 0 Å². The molecule has 0 aliphatic carbocycles. The van der Waals surface area contributed by atoms with Crippen molar-refractivity contribution in [2.75, 3.05) is 13.2 Å². The fourth-order valence-corrected chi connectivity index (χ4v) is 3.33. The van der Waals surface area contributed by atoms with E-state index in [0.29, 0.717) is 35.7 Å². The van der Waals surface area contributed by atoms with Gasteiger partial charge in [-0.3, -0.25) is 4.79 Å². The topological polar surface area (TPSA) is 83.9 Å². The van der Waals surface area contributed by atoms with Gasteiger partial charge >= 0.3 is 0 Å². The summed E-state index contributed by atoms with van der Waals surface area (Å²) < 4.78 is 10.9. The van der Waals surface area contributed by atoms with Crippen LogP contribution in [0.5, 0.6) is 17.4 Å². The monoisotopic (exact) mass is 376 g/mol. The van der Waals surface area contributed by atoms with Crippen molar-refractivity contribution < 1.29 is 19.4 Å². The largest absolute Gasteiger partial charge is 0.494 e. The van der Waals surface area contributed by atoms with E-state index >= 15 is 0 Å². The van der Waals surface area contributed by atoms with Crippen LogP contribution < -0.4 is 9.47 Å². The number of aromatic nitrogens is 1. The summed E-state index contributed by atoms with van der Waals surface area (Å²) in [7, 11) is 0. The maximum absolute atomic E-state index is 12.6. The number of ether oxygens (including phenoxy) is 2. The molecule has 0 radical (unpaired) electrons. The van der Waals surface area contributed by atoms with E-state index in [1.54, 1.807) is 0 Å². The highest BCUT2D eigenvalue weighted by molar-refractivity contribution is 6.30. The minimum absolute atomic E-state index is 0.0719. The molecule has 2 aromatic carbocycles. The zero-order valence-electron chi connectivity index (χ0n) is 15.7. The molecule has 6 heteroatoms. The average Bonchev–Trinajstić information content (AvgIpc) is 3.22. The van der Waals surface area contributed by atoms with Crippen LogP contribution in [-0.4, -0.2) is 34.9 Å². The third-order valence-corrected chi connectivity index (χ3v) is 4.54. The summed E-state index contributed by atoms with van der Waals surface area (Å²) >= 11 is 0. The number of aromatic amines is 1. The molecule has 0 fully saturated rings. The Balaban J connectivity index is 1.72. The lowest BCUT2D eigenvalue weighted by atomic mass is 10.00. The molecule has 0 saturated carbocycles. The number of rotatable bonds is 6. The first-order valence-electron chi connectivity index (χ1n) is 9.17. The van der Waals surface area contributed by atoms with Crippen LogP contribution in [0.3, 0.4) is 0 Å². The molecule has 0 atom stereocenters. The summed E-state index contributed by atoms with van der Waals surface area (Å²) in [5.41, 5.74) is 3.32. The lowest BCUT2D eigenvalue weighted by molar-refractivity contribution is 0.101. The summed E-state index contributed by atoms with van der Waals surface area (Å²) in [6.45, 7) is 4.99. The first-order valence-corrected chi connectivity index (χ1v) is 9.17. The summed E-state index contributed by atoms with van der Waals surface area (Å²) in [5, 5.41) is 10.5. The highest BCUT2D eigenvalue weighted by Crippen LogP contribution is 2.38. The summed E-state index contributed by atoms with van der Waals surface area (Å²) in [5.74, 6) is 1.04. The van der Waals surface area contributed by atoms with Gasteiger partial charge in [0.2, 0.25) is 0 Å². The number of benzene rings is 2. The molecule has 3 aromatic rings. The van der Waals surface area contributed by atoms with E-state index in [2.05, 4.69) is 9.98 Å². The number of nitrogens with one attached hydrogen (secondary N) is 1. The predicted molar refractivity (Wildman–Crippen MR) is 107 cm³/mol. The molecule has 0 unspecified atom stereocenters. The van der Waals surface area contributed by atoms with Crippen molar-refractivity contribution >= 4 is 11.6 Å². The molecule has 28 heavy (non-hydrogen) atoms. The normalized spacial score (nSPS) is 12.6. The maximum atomic E-state index is 12.6. The van der Waals surface area contributed by atoms with Crippen LogP contribution in [0.4, 0.5) is 0 Å². The molecule has 0 spiro atoms. The Morgan fingerprint density at radius 2 is 1.39 bits per heavy atom. The smallest absolute Gasteiger partial charge is 0.280 e. The number of amides is 1. The summed E-state index contributed by atoms with van der Waals surface area (Å²) in [6.07, 6.45) is 0. The number of hydrogen-bond donors (Lipinski definition) is 2. The van der Waals surface area contributed by atoms with Gasteiger partial charge in [-0.15, -0.1) is 0 Å². The number of carbonyl (C=O) groups is 1. The predicted octanol–water partition coefficient (Wildman–Crippen LogP) is 4.18. The average molecular weight is 376 g/mol. The van der Waals surface area contributed by atoms with Crippen LogP contribution in [-0.2, 0) is 0 Å². The molecular weight excluding hydrogens is 356 g/mol. The fraction of sp³-hybridized carbons (Fsp3) is 0.182. The number of aromatic hydroxyl groups is 1. The van der Waals surface area contributed by atoms with Gasteiger partial charge in [-0.25, -0.2) is 4.99 Å². The van der Waals surface area contributed by atoms with Crippen molar-refractivity contribution in [2.24, 2.45) is 4.99 Å². The second-order valence-corrected chi connectivity index (χ2v) is 6.28. The number of nitrogens with zero attached hydrogens (tertiary/aromatic N) is 1. The Kier molecular flexibility index (Phi) is 4.61. The second-order valence-electron chi connectivity index (χ2n) is 6.28. The Hall–Kier alpha value is -3.54. The zero-order valence-corrected chi connectivity index (χ0v) is 15.7. The summed E-state index contributed by atoms with van der Waals surface area (Å²) in [4.78, 5) is 19.7. The molecule has 1 amide bonds. The van der Waals surface area contributed by atoms with Gasteiger partial charge in [0.15, 0.2) is 5.88 Å². The van der Waals surface area contributed by atoms with Crippen LogP contribution in [0.15, 0.2) is 53.5 Å². The van der Waals surface area contributed by atoms with E-state index in [4.69, 9.17) is 9.47 Å². The minimum atomic E-state index is -0.376. The van der Waals surface area contributed by atoms with Crippen molar-refractivity contribution in [1.29, 1.82) is 0 Å². The molecule has 2 heterocycles. The lowest BCUT2D eigenvalue weighted by Crippen LogP contribution is -2.00. The number of aliphatic imine (C=N–C) groups is 1. The molecule has 0 saturated heterocycles. The van der Waals surface area contributed by atoms with Crippen molar-refractivity contribution in [1.82, 2.24) is 4.98 Å².